The Kier molecular flexibility index (Phi) is 5.95. The van der Waals surface area contributed by atoms with Gasteiger partial charge in [0.05, 0.1) is 17.9 Å². The first-order chi connectivity index (χ1) is 12.6. The van der Waals surface area contributed by atoms with Gasteiger partial charge in [-0.15, -0.1) is 11.3 Å². The van der Waals surface area contributed by atoms with Crippen LogP contribution in [0, 0.1) is 6.92 Å². The highest BCUT2D eigenvalue weighted by Gasteiger charge is 2.32. The minimum Gasteiger partial charge on any atom is -0.465 e. The van der Waals surface area contributed by atoms with E-state index in [-0.39, 0.29) is 18.1 Å². The number of carbonyl (C=O) groups is 2. The summed E-state index contributed by atoms with van der Waals surface area (Å²) in [6, 6.07) is 7.60. The number of fused-ring (bicyclic) bond motifs is 1. The summed E-state index contributed by atoms with van der Waals surface area (Å²) in [6.07, 6.45) is 1.47. The van der Waals surface area contributed by atoms with Gasteiger partial charge in [0.15, 0.2) is 11.7 Å². The minimum absolute atomic E-state index is 0.100. The number of para-hydroxylation sites is 1. The second-order valence-corrected chi connectivity index (χ2v) is 7.32. The summed E-state index contributed by atoms with van der Waals surface area (Å²) in [7, 11) is 0. The zero-order chi connectivity index (χ0) is 18.5. The lowest BCUT2D eigenvalue weighted by molar-refractivity contribution is -0.147. The third-order valence-corrected chi connectivity index (χ3v) is 5.64. The van der Waals surface area contributed by atoms with Crippen molar-refractivity contribution in [1.29, 1.82) is 0 Å². The molecule has 6 nitrogen and oxygen atoms in total. The summed E-state index contributed by atoms with van der Waals surface area (Å²) in [5.41, 5.74) is 1.59. The summed E-state index contributed by atoms with van der Waals surface area (Å²) < 4.78 is 5.08. The predicted molar refractivity (Wildman–Crippen MR) is 101 cm³/mol. The molecule has 0 N–H and O–H groups in total. The van der Waals surface area contributed by atoms with Crippen LogP contribution in [0.4, 0.5) is 0 Å². The third-order valence-electron chi connectivity index (χ3n) is 3.59. The number of nitrogens with zero attached hydrogens (tertiary/aromatic N) is 3. The van der Waals surface area contributed by atoms with Crippen LogP contribution < -0.4 is 0 Å². The van der Waals surface area contributed by atoms with Crippen molar-refractivity contribution in [3.63, 3.8) is 0 Å². The van der Waals surface area contributed by atoms with Crippen molar-refractivity contribution >= 4 is 45.8 Å². The number of aryl methyl sites for hydroxylation is 1. The van der Waals surface area contributed by atoms with Gasteiger partial charge < -0.3 is 4.74 Å². The van der Waals surface area contributed by atoms with Crippen molar-refractivity contribution in [2.45, 2.75) is 24.8 Å². The number of hydrogen-bond donors (Lipinski definition) is 0. The summed E-state index contributed by atoms with van der Waals surface area (Å²) in [5.74, 6) is -1.69. The second kappa shape index (κ2) is 8.37. The SMILES string of the molecule is CCOC(=O)C(C(=O)CSc1ncnc2ccccc12)c1nc(C)cs1. The fourth-order valence-corrected chi connectivity index (χ4v) is 4.22. The van der Waals surface area contributed by atoms with Crippen molar-refractivity contribution in [2.24, 2.45) is 0 Å². The fourth-order valence-electron chi connectivity index (χ4n) is 2.42. The number of benzene rings is 1. The molecule has 0 aliphatic carbocycles. The van der Waals surface area contributed by atoms with E-state index in [0.29, 0.717) is 10.0 Å². The maximum atomic E-state index is 12.8. The number of thiazole rings is 1. The molecule has 0 saturated heterocycles. The molecular formula is C18H17N3O3S2. The van der Waals surface area contributed by atoms with Crippen molar-refractivity contribution in [2.75, 3.05) is 12.4 Å². The van der Waals surface area contributed by atoms with Gasteiger partial charge in [0.2, 0.25) is 0 Å². The van der Waals surface area contributed by atoms with Crippen molar-refractivity contribution in [1.82, 2.24) is 15.0 Å². The molecule has 0 radical (unpaired) electrons. The summed E-state index contributed by atoms with van der Waals surface area (Å²) in [4.78, 5) is 37.9. The van der Waals surface area contributed by atoms with Gasteiger partial charge >= 0.3 is 5.97 Å². The number of carbonyl (C=O) groups excluding carboxylic acids is 2. The first-order valence-electron chi connectivity index (χ1n) is 8.04. The van der Waals surface area contributed by atoms with E-state index in [1.165, 1.54) is 29.4 Å². The standard InChI is InChI=1S/C18H17N3O3S2/c1-3-24-18(23)15(17-21-11(2)8-25-17)14(22)9-26-16-12-6-4-5-7-13(12)19-10-20-16/h4-8,10,15H,3,9H2,1-2H3. The Balaban J connectivity index is 1.80. The van der Waals surface area contributed by atoms with E-state index in [4.69, 9.17) is 4.74 Å². The Hall–Kier alpha value is -2.32. The van der Waals surface area contributed by atoms with Gasteiger partial charge in [-0.25, -0.2) is 15.0 Å². The number of rotatable bonds is 7. The lowest BCUT2D eigenvalue weighted by Crippen LogP contribution is -2.25. The van der Waals surface area contributed by atoms with Crippen molar-refractivity contribution in [3.05, 3.63) is 46.7 Å². The van der Waals surface area contributed by atoms with E-state index < -0.39 is 11.9 Å². The molecule has 2 heterocycles. The maximum absolute atomic E-state index is 12.8. The van der Waals surface area contributed by atoms with E-state index in [0.717, 1.165) is 16.6 Å². The Bertz CT molecular complexity index is 937. The molecule has 3 rings (SSSR count). The highest BCUT2D eigenvalue weighted by molar-refractivity contribution is 8.00. The van der Waals surface area contributed by atoms with Crippen LogP contribution in [0.25, 0.3) is 10.9 Å². The van der Waals surface area contributed by atoms with Gasteiger partial charge in [-0.3, -0.25) is 9.59 Å². The van der Waals surface area contributed by atoms with Crippen LogP contribution in [-0.2, 0) is 14.3 Å². The monoisotopic (exact) mass is 387 g/mol. The average Bonchev–Trinajstić information content (AvgIpc) is 3.06. The average molecular weight is 387 g/mol. The van der Waals surface area contributed by atoms with Crippen LogP contribution in [0.1, 0.15) is 23.5 Å². The minimum atomic E-state index is -0.991. The Labute approximate surface area is 159 Å². The molecule has 1 unspecified atom stereocenters. The van der Waals surface area contributed by atoms with Crippen LogP contribution in [0.5, 0.6) is 0 Å². The van der Waals surface area contributed by atoms with E-state index in [9.17, 15) is 9.59 Å². The highest BCUT2D eigenvalue weighted by atomic mass is 32.2. The molecule has 0 amide bonds. The first kappa shape index (κ1) is 18.5. The van der Waals surface area contributed by atoms with Gasteiger partial charge in [0.25, 0.3) is 0 Å². The largest absolute Gasteiger partial charge is 0.465 e. The van der Waals surface area contributed by atoms with Crippen LogP contribution in [0.2, 0.25) is 0 Å². The molecule has 0 fully saturated rings. The second-order valence-electron chi connectivity index (χ2n) is 5.46. The highest BCUT2D eigenvalue weighted by Crippen LogP contribution is 2.28. The molecule has 0 bridgehead atoms. The van der Waals surface area contributed by atoms with E-state index in [2.05, 4.69) is 15.0 Å². The Morgan fingerprint density at radius 3 is 2.81 bits per heavy atom. The van der Waals surface area contributed by atoms with Gasteiger partial charge in [-0.1, -0.05) is 30.0 Å². The molecular weight excluding hydrogens is 370 g/mol. The first-order valence-corrected chi connectivity index (χ1v) is 9.90. The molecule has 0 spiro atoms. The fraction of sp³-hybridized carbons (Fsp3) is 0.278. The summed E-state index contributed by atoms with van der Waals surface area (Å²) in [5, 5.41) is 3.88. The summed E-state index contributed by atoms with van der Waals surface area (Å²) in [6.45, 7) is 3.76. The predicted octanol–water partition coefficient (Wildman–Crippen LogP) is 3.40. The molecule has 3 aromatic rings. The maximum Gasteiger partial charge on any atom is 0.323 e. The van der Waals surface area contributed by atoms with Crippen LogP contribution >= 0.6 is 23.1 Å². The molecule has 2 aromatic heterocycles. The molecule has 8 heteroatoms. The number of ether oxygens (including phenoxy) is 1. The van der Waals surface area contributed by atoms with Gasteiger partial charge in [-0.2, -0.15) is 0 Å². The molecule has 0 aliphatic heterocycles. The molecule has 0 aliphatic rings. The normalized spacial score (nSPS) is 12.1. The van der Waals surface area contributed by atoms with E-state index in [1.807, 2.05) is 36.6 Å². The Morgan fingerprint density at radius 1 is 1.27 bits per heavy atom. The topological polar surface area (TPSA) is 82.0 Å². The third kappa shape index (κ3) is 4.08. The van der Waals surface area contributed by atoms with E-state index in [1.54, 1.807) is 6.92 Å². The number of hydrogen-bond acceptors (Lipinski definition) is 8. The van der Waals surface area contributed by atoms with Crippen LogP contribution in [0.3, 0.4) is 0 Å². The molecule has 26 heavy (non-hydrogen) atoms. The number of ketones is 1. The van der Waals surface area contributed by atoms with Crippen LogP contribution in [0.15, 0.2) is 41.0 Å². The number of Topliss-reactive ketones (excluding diaryl/α,β-unsaturated/α-hetero) is 1. The lowest BCUT2D eigenvalue weighted by Gasteiger charge is -2.12. The Morgan fingerprint density at radius 2 is 2.08 bits per heavy atom. The van der Waals surface area contributed by atoms with Gasteiger partial charge in [0.1, 0.15) is 16.4 Å². The zero-order valence-corrected chi connectivity index (χ0v) is 16.0. The lowest BCUT2D eigenvalue weighted by atomic mass is 10.1. The smallest absolute Gasteiger partial charge is 0.323 e. The van der Waals surface area contributed by atoms with E-state index >= 15 is 0 Å². The van der Waals surface area contributed by atoms with Crippen LogP contribution in [-0.4, -0.2) is 39.1 Å². The molecule has 1 aromatic carbocycles. The van der Waals surface area contributed by atoms with Crippen molar-refractivity contribution < 1.29 is 14.3 Å². The van der Waals surface area contributed by atoms with Gasteiger partial charge in [0, 0.05) is 16.5 Å². The quantitative estimate of drug-likeness (QED) is 0.266. The number of esters is 1. The van der Waals surface area contributed by atoms with Crippen molar-refractivity contribution in [3.8, 4) is 0 Å². The van der Waals surface area contributed by atoms with Gasteiger partial charge in [-0.05, 0) is 19.9 Å². The molecule has 0 saturated carbocycles. The molecule has 1 atom stereocenters. The molecule has 134 valence electrons. The zero-order valence-electron chi connectivity index (χ0n) is 14.3. The number of thioether (sulfide) groups is 1. The number of aromatic nitrogens is 3. The summed E-state index contributed by atoms with van der Waals surface area (Å²) >= 11 is 2.59.